The number of nitrogens with one attached hydrogen (secondary N) is 1. The predicted molar refractivity (Wildman–Crippen MR) is 94.9 cm³/mol. The standard InChI is InChI=1S/C21H14N2O2.K/c24-11-10-15-13-22-21-19(15)12-16(14-23-21)18-8-4-5-9-20(18)25-17-6-2-1-3-7-17;/h1-9,12-14,24H,(H,22,23);/q;+1/p-1. The van der Waals surface area contributed by atoms with Gasteiger partial charge in [-0.25, -0.2) is 4.98 Å². The Balaban J connectivity index is 0.00000196. The Morgan fingerprint density at radius 1 is 1.00 bits per heavy atom. The Kier molecular flexibility index (Phi) is 6.15. The maximum absolute atomic E-state index is 10.6. The summed E-state index contributed by atoms with van der Waals surface area (Å²) in [6.07, 6.45) is 5.16. The number of aromatic nitrogens is 2. The summed E-state index contributed by atoms with van der Waals surface area (Å²) in [5.74, 6) is 4.06. The van der Waals surface area contributed by atoms with Gasteiger partial charge in [0.1, 0.15) is 17.1 Å². The van der Waals surface area contributed by atoms with Gasteiger partial charge in [0.2, 0.25) is 0 Å². The zero-order valence-electron chi connectivity index (χ0n) is 14.2. The van der Waals surface area contributed by atoms with Crippen LogP contribution in [0.2, 0.25) is 0 Å². The van der Waals surface area contributed by atoms with E-state index in [9.17, 15) is 5.11 Å². The average molecular weight is 364 g/mol. The molecule has 4 aromatic rings. The fourth-order valence-electron chi connectivity index (χ4n) is 2.72. The molecule has 0 amide bonds. The fourth-order valence-corrected chi connectivity index (χ4v) is 2.72. The van der Waals surface area contributed by atoms with Crippen LogP contribution in [0.4, 0.5) is 0 Å². The van der Waals surface area contributed by atoms with Crippen molar-refractivity contribution in [2.45, 2.75) is 0 Å². The number of hydrogen-bond acceptors (Lipinski definition) is 3. The van der Waals surface area contributed by atoms with Gasteiger partial charge >= 0.3 is 51.4 Å². The van der Waals surface area contributed by atoms with Crippen molar-refractivity contribution in [3.63, 3.8) is 0 Å². The van der Waals surface area contributed by atoms with E-state index in [1.165, 1.54) is 0 Å². The minimum atomic E-state index is 0. The minimum absolute atomic E-state index is 0. The van der Waals surface area contributed by atoms with Crippen LogP contribution in [0.15, 0.2) is 73.1 Å². The first-order valence-electron chi connectivity index (χ1n) is 7.78. The number of para-hydroxylation sites is 2. The molecule has 0 saturated heterocycles. The van der Waals surface area contributed by atoms with Crippen LogP contribution in [0.5, 0.6) is 11.5 Å². The van der Waals surface area contributed by atoms with Crippen LogP contribution in [0, 0.1) is 12.0 Å². The van der Waals surface area contributed by atoms with Crippen molar-refractivity contribution >= 4 is 11.0 Å². The van der Waals surface area contributed by atoms with E-state index in [0.717, 1.165) is 28.0 Å². The van der Waals surface area contributed by atoms with Gasteiger partial charge in [-0.05, 0) is 24.3 Å². The molecule has 4 nitrogen and oxygen atoms in total. The quantitative estimate of drug-likeness (QED) is 0.430. The van der Waals surface area contributed by atoms with Crippen molar-refractivity contribution in [2.24, 2.45) is 0 Å². The fraction of sp³-hybridized carbons (Fsp3) is 0. The number of rotatable bonds is 3. The summed E-state index contributed by atoms with van der Waals surface area (Å²) in [6, 6.07) is 19.4. The molecule has 0 atom stereocenters. The van der Waals surface area contributed by atoms with Gasteiger partial charge in [0.25, 0.3) is 0 Å². The molecule has 0 saturated carbocycles. The Hall–Kier alpha value is -2.07. The molecule has 2 aromatic heterocycles. The minimum Gasteiger partial charge on any atom is -0.833 e. The third-order valence-electron chi connectivity index (χ3n) is 3.89. The zero-order valence-corrected chi connectivity index (χ0v) is 17.3. The molecule has 0 radical (unpaired) electrons. The Morgan fingerprint density at radius 3 is 2.58 bits per heavy atom. The first-order valence-corrected chi connectivity index (χ1v) is 7.78. The molecule has 0 aliphatic heterocycles. The van der Waals surface area contributed by atoms with Crippen molar-refractivity contribution in [1.82, 2.24) is 9.97 Å². The number of pyridine rings is 1. The Morgan fingerprint density at radius 2 is 1.77 bits per heavy atom. The summed E-state index contributed by atoms with van der Waals surface area (Å²) in [5.41, 5.74) is 3.15. The summed E-state index contributed by atoms with van der Waals surface area (Å²) in [5, 5.41) is 11.5. The maximum Gasteiger partial charge on any atom is 1.00 e. The van der Waals surface area contributed by atoms with Gasteiger partial charge in [0.05, 0.1) is 5.56 Å². The molecular formula is C21H13KN2O2. The van der Waals surface area contributed by atoms with Gasteiger partial charge in [-0.1, -0.05) is 42.3 Å². The van der Waals surface area contributed by atoms with E-state index < -0.39 is 0 Å². The maximum atomic E-state index is 10.6. The predicted octanol–water partition coefficient (Wildman–Crippen LogP) is 0.695. The molecule has 1 N–H and O–H groups in total. The number of benzene rings is 2. The molecule has 0 fully saturated rings. The second-order valence-corrected chi connectivity index (χ2v) is 5.46. The van der Waals surface area contributed by atoms with Gasteiger partial charge < -0.3 is 14.8 Å². The molecule has 5 heteroatoms. The normalized spacial score (nSPS) is 9.85. The number of fused-ring (bicyclic) bond motifs is 1. The van der Waals surface area contributed by atoms with E-state index in [1.54, 1.807) is 18.5 Å². The number of aromatic amines is 1. The average Bonchev–Trinajstić information content (AvgIpc) is 3.06. The summed E-state index contributed by atoms with van der Waals surface area (Å²) < 4.78 is 6.02. The first kappa shape index (κ1) is 18.7. The van der Waals surface area contributed by atoms with E-state index in [-0.39, 0.29) is 51.4 Å². The molecule has 0 bridgehead atoms. The van der Waals surface area contributed by atoms with Gasteiger partial charge in [-0.2, -0.15) is 6.11 Å². The topological polar surface area (TPSA) is 61.0 Å². The second kappa shape index (κ2) is 8.54. The van der Waals surface area contributed by atoms with Crippen molar-refractivity contribution in [2.75, 3.05) is 0 Å². The van der Waals surface area contributed by atoms with E-state index in [4.69, 9.17) is 4.74 Å². The number of H-pyrrole nitrogens is 1. The molecule has 0 aliphatic carbocycles. The van der Waals surface area contributed by atoms with Crippen LogP contribution in [0.1, 0.15) is 5.56 Å². The van der Waals surface area contributed by atoms with E-state index in [1.807, 2.05) is 60.7 Å². The SMILES string of the molecule is [K+].[O-]C#Cc1c[nH]c2ncc(-c3ccccc3Oc3ccccc3)cc12. The third kappa shape index (κ3) is 3.85. The van der Waals surface area contributed by atoms with E-state index in [2.05, 4.69) is 15.9 Å². The molecule has 0 aliphatic rings. The molecule has 26 heavy (non-hydrogen) atoms. The van der Waals surface area contributed by atoms with Crippen LogP contribution in [-0.2, 0) is 0 Å². The third-order valence-corrected chi connectivity index (χ3v) is 3.89. The molecular weight excluding hydrogens is 351 g/mol. The summed E-state index contributed by atoms with van der Waals surface area (Å²) in [7, 11) is 0. The van der Waals surface area contributed by atoms with Crippen LogP contribution in [0.3, 0.4) is 0 Å². The summed E-state index contributed by atoms with van der Waals surface area (Å²) in [4.78, 5) is 7.45. The van der Waals surface area contributed by atoms with E-state index in [0.29, 0.717) is 11.2 Å². The zero-order chi connectivity index (χ0) is 17.1. The molecule has 120 valence electrons. The van der Waals surface area contributed by atoms with E-state index >= 15 is 0 Å². The summed E-state index contributed by atoms with van der Waals surface area (Å²) in [6.45, 7) is 0. The van der Waals surface area contributed by atoms with Gasteiger partial charge in [0, 0.05) is 28.9 Å². The molecule has 4 rings (SSSR count). The van der Waals surface area contributed by atoms with Crippen LogP contribution in [-0.4, -0.2) is 9.97 Å². The van der Waals surface area contributed by atoms with Gasteiger partial charge in [-0.3, -0.25) is 0 Å². The first-order chi connectivity index (χ1) is 12.3. The van der Waals surface area contributed by atoms with Crippen LogP contribution in [0.25, 0.3) is 22.2 Å². The van der Waals surface area contributed by atoms with Gasteiger partial charge in [0.15, 0.2) is 0 Å². The van der Waals surface area contributed by atoms with Crippen molar-refractivity contribution < 1.29 is 61.2 Å². The Bertz CT molecular complexity index is 1100. The smallest absolute Gasteiger partial charge is 0.833 e. The molecule has 2 aromatic carbocycles. The molecule has 0 spiro atoms. The van der Waals surface area contributed by atoms with Crippen LogP contribution >= 0.6 is 0 Å². The molecule has 2 heterocycles. The number of ether oxygens (including phenoxy) is 1. The van der Waals surface area contributed by atoms with Crippen molar-refractivity contribution in [3.05, 3.63) is 78.6 Å². The van der Waals surface area contributed by atoms with Crippen molar-refractivity contribution in [1.29, 1.82) is 0 Å². The second-order valence-electron chi connectivity index (χ2n) is 5.46. The summed E-state index contributed by atoms with van der Waals surface area (Å²) >= 11 is 0. The monoisotopic (exact) mass is 364 g/mol. The van der Waals surface area contributed by atoms with Crippen LogP contribution < -0.4 is 61.2 Å². The van der Waals surface area contributed by atoms with Crippen molar-refractivity contribution in [3.8, 4) is 34.7 Å². The van der Waals surface area contributed by atoms with Gasteiger partial charge in [-0.15, -0.1) is 0 Å². The largest absolute Gasteiger partial charge is 1.00 e. The number of hydrogen-bond donors (Lipinski definition) is 1. The molecule has 0 unspecified atom stereocenters. The number of nitrogens with zero attached hydrogens (tertiary/aromatic N) is 1. The Labute approximate surface area is 193 Å².